The molecule has 0 unspecified atom stereocenters. The van der Waals surface area contributed by atoms with E-state index < -0.39 is 10.0 Å². The number of nitrogens with two attached hydrogens (primary N) is 1. The monoisotopic (exact) mass is 852 g/mol. The number of nitrogens with one attached hydrogen (secondary N) is 1. The van der Waals surface area contributed by atoms with Crippen LogP contribution in [0.25, 0.3) is 12.2 Å². The molecule has 0 aromatic heterocycles. The molecule has 2 aliphatic rings. The minimum Gasteiger partial charge on any atom is -0.398 e. The van der Waals surface area contributed by atoms with E-state index in [2.05, 4.69) is 14.5 Å². The number of piperazine rings is 2. The first kappa shape index (κ1) is 44.3. The van der Waals surface area contributed by atoms with Gasteiger partial charge in [0.15, 0.2) is 0 Å². The van der Waals surface area contributed by atoms with Crippen molar-refractivity contribution in [3.05, 3.63) is 141 Å². The predicted molar refractivity (Wildman–Crippen MR) is 230 cm³/mol. The van der Waals surface area contributed by atoms with Crippen molar-refractivity contribution in [1.82, 2.24) is 19.6 Å². The number of halogens is 4. The molecular weight excluding hydrogens is 805 g/mol. The molecule has 4 aromatic rings. The molecule has 15 heteroatoms. The first-order valence-corrected chi connectivity index (χ1v) is 21.4. The number of sulfonamides is 1. The van der Waals surface area contributed by atoms with Gasteiger partial charge in [0.1, 0.15) is 11.6 Å². The topological polar surface area (TPSA) is 119 Å². The van der Waals surface area contributed by atoms with Gasteiger partial charge in [-0.1, -0.05) is 59.6 Å². The van der Waals surface area contributed by atoms with Crippen molar-refractivity contribution in [3.63, 3.8) is 0 Å². The van der Waals surface area contributed by atoms with Crippen LogP contribution >= 0.6 is 23.2 Å². The highest BCUT2D eigenvalue weighted by Crippen LogP contribution is 2.24. The molecule has 2 heterocycles. The van der Waals surface area contributed by atoms with E-state index >= 15 is 0 Å². The summed E-state index contributed by atoms with van der Waals surface area (Å²) in [5.41, 5.74) is 10.2. The third kappa shape index (κ3) is 13.4. The SMILES string of the molecule is C[C@@H]1CN(Cc2ccc(F)cc2)CCN1C(=O)/C=C/c1ccc(Cl)cc1N.C[C@@H]1CN(Cc2ccc(F)cc2)CCN1C(=O)/C=C/c1ccc(Cl)cc1NS(C)(=O)=O. The van der Waals surface area contributed by atoms with Crippen molar-refractivity contribution in [2.24, 2.45) is 0 Å². The lowest BCUT2D eigenvalue weighted by molar-refractivity contribution is -0.131. The zero-order valence-electron chi connectivity index (χ0n) is 32.6. The van der Waals surface area contributed by atoms with E-state index in [0.29, 0.717) is 59.7 Å². The molecule has 58 heavy (non-hydrogen) atoms. The second-order valence-electron chi connectivity index (χ2n) is 14.5. The highest BCUT2D eigenvalue weighted by Gasteiger charge is 2.27. The van der Waals surface area contributed by atoms with Crippen molar-refractivity contribution in [2.75, 3.05) is 56.0 Å². The Kier molecular flexibility index (Phi) is 15.5. The van der Waals surface area contributed by atoms with Crippen molar-refractivity contribution >= 4 is 68.6 Å². The quantitative estimate of drug-likeness (QED) is 0.126. The molecule has 0 aliphatic carbocycles. The van der Waals surface area contributed by atoms with Gasteiger partial charge in [0, 0.05) is 92.3 Å². The Morgan fingerprint density at radius 3 is 1.57 bits per heavy atom. The third-order valence-corrected chi connectivity index (χ3v) is 10.9. The second-order valence-corrected chi connectivity index (χ2v) is 17.2. The highest BCUT2D eigenvalue weighted by atomic mass is 35.5. The number of rotatable bonds is 10. The van der Waals surface area contributed by atoms with Gasteiger partial charge in [0.25, 0.3) is 0 Å². The van der Waals surface area contributed by atoms with Crippen LogP contribution in [0.3, 0.4) is 0 Å². The minimum atomic E-state index is -3.48. The van der Waals surface area contributed by atoms with Crippen LogP contribution in [0.4, 0.5) is 20.2 Å². The smallest absolute Gasteiger partial charge is 0.246 e. The first-order chi connectivity index (χ1) is 27.5. The van der Waals surface area contributed by atoms with Gasteiger partial charge < -0.3 is 15.5 Å². The predicted octanol–water partition coefficient (Wildman–Crippen LogP) is 7.40. The third-order valence-electron chi connectivity index (χ3n) is 9.80. The Morgan fingerprint density at radius 2 is 1.14 bits per heavy atom. The summed E-state index contributed by atoms with van der Waals surface area (Å²) in [5.74, 6) is -0.655. The summed E-state index contributed by atoms with van der Waals surface area (Å²) in [6.07, 6.45) is 7.38. The Morgan fingerprint density at radius 1 is 0.707 bits per heavy atom. The summed E-state index contributed by atoms with van der Waals surface area (Å²) in [6.45, 7) is 9.69. The molecule has 4 aromatic carbocycles. The number of carbonyl (C=O) groups is 2. The molecule has 0 saturated carbocycles. The van der Waals surface area contributed by atoms with Crippen LogP contribution in [0, 0.1) is 11.6 Å². The van der Waals surface area contributed by atoms with Crippen molar-refractivity contribution in [2.45, 2.75) is 39.0 Å². The highest BCUT2D eigenvalue weighted by molar-refractivity contribution is 7.92. The Hall–Kier alpha value is -4.79. The summed E-state index contributed by atoms with van der Waals surface area (Å²) >= 11 is 11.9. The fourth-order valence-electron chi connectivity index (χ4n) is 6.88. The fraction of sp³-hybridized carbons (Fsp3) is 0.302. The van der Waals surface area contributed by atoms with Crippen LogP contribution in [0.1, 0.15) is 36.1 Å². The van der Waals surface area contributed by atoms with E-state index in [9.17, 15) is 26.8 Å². The summed E-state index contributed by atoms with van der Waals surface area (Å²) in [6, 6.07) is 23.1. The van der Waals surface area contributed by atoms with Gasteiger partial charge in [0.2, 0.25) is 21.8 Å². The number of hydrogen-bond acceptors (Lipinski definition) is 7. The molecule has 2 aliphatic heterocycles. The van der Waals surface area contributed by atoms with Crippen molar-refractivity contribution in [1.29, 1.82) is 0 Å². The van der Waals surface area contributed by atoms with E-state index in [1.165, 1.54) is 36.4 Å². The average molecular weight is 854 g/mol. The lowest BCUT2D eigenvalue weighted by Gasteiger charge is -2.39. The van der Waals surface area contributed by atoms with E-state index in [1.54, 1.807) is 77.7 Å². The maximum atomic E-state index is 13.1. The van der Waals surface area contributed by atoms with Gasteiger partial charge in [0.05, 0.1) is 11.9 Å². The summed E-state index contributed by atoms with van der Waals surface area (Å²) in [5, 5.41) is 0.961. The van der Waals surface area contributed by atoms with Crippen LogP contribution in [0.15, 0.2) is 97.1 Å². The van der Waals surface area contributed by atoms with E-state index in [0.717, 1.165) is 42.6 Å². The molecule has 6 rings (SSSR count). The van der Waals surface area contributed by atoms with Gasteiger partial charge in [-0.05, 0) is 96.8 Å². The molecule has 2 fully saturated rings. The molecule has 0 radical (unpaired) electrons. The van der Waals surface area contributed by atoms with E-state index in [4.69, 9.17) is 28.9 Å². The number of benzene rings is 4. The summed E-state index contributed by atoms with van der Waals surface area (Å²) in [7, 11) is -3.48. The van der Waals surface area contributed by atoms with Gasteiger partial charge in [-0.3, -0.25) is 24.1 Å². The number of amides is 2. The van der Waals surface area contributed by atoms with Crippen LogP contribution in [0.2, 0.25) is 10.0 Å². The Balaban J connectivity index is 0.000000223. The molecule has 2 amide bonds. The Bertz CT molecular complexity index is 2220. The minimum absolute atomic E-state index is 0.00480. The van der Waals surface area contributed by atoms with Crippen LogP contribution in [0.5, 0.6) is 0 Å². The largest absolute Gasteiger partial charge is 0.398 e. The van der Waals surface area contributed by atoms with Gasteiger partial charge in [-0.15, -0.1) is 0 Å². The number of carbonyl (C=O) groups excluding carboxylic acids is 2. The van der Waals surface area contributed by atoms with Crippen LogP contribution in [-0.2, 0) is 32.7 Å². The van der Waals surface area contributed by atoms with Gasteiger partial charge in [-0.25, -0.2) is 17.2 Å². The molecule has 10 nitrogen and oxygen atoms in total. The Labute approximate surface area is 349 Å². The number of anilines is 2. The molecule has 0 spiro atoms. The van der Waals surface area contributed by atoms with Crippen molar-refractivity contribution < 1.29 is 26.8 Å². The number of nitrogens with zero attached hydrogens (tertiary/aromatic N) is 4. The molecular formula is C43H48Cl2F2N6O4S. The number of nitrogen functional groups attached to an aromatic ring is 1. The number of hydrogen-bond donors (Lipinski definition) is 2. The second kappa shape index (κ2) is 20.3. The first-order valence-electron chi connectivity index (χ1n) is 18.8. The zero-order valence-corrected chi connectivity index (χ0v) is 35.0. The van der Waals surface area contributed by atoms with Crippen LogP contribution in [-0.4, -0.2) is 97.4 Å². The van der Waals surface area contributed by atoms with Crippen molar-refractivity contribution in [3.8, 4) is 0 Å². The molecule has 3 N–H and O–H groups in total. The van der Waals surface area contributed by atoms with E-state index in [1.807, 2.05) is 18.7 Å². The van der Waals surface area contributed by atoms with Gasteiger partial charge >= 0.3 is 0 Å². The maximum absolute atomic E-state index is 13.1. The summed E-state index contributed by atoms with van der Waals surface area (Å²) in [4.78, 5) is 33.5. The van der Waals surface area contributed by atoms with Crippen LogP contribution < -0.4 is 10.5 Å². The molecule has 2 saturated heterocycles. The molecule has 0 bridgehead atoms. The average Bonchev–Trinajstić information content (AvgIpc) is 3.15. The normalized spacial score (nSPS) is 18.0. The zero-order chi connectivity index (χ0) is 42.0. The maximum Gasteiger partial charge on any atom is 0.246 e. The summed E-state index contributed by atoms with van der Waals surface area (Å²) < 4.78 is 51.7. The lowest BCUT2D eigenvalue weighted by Crippen LogP contribution is -2.53. The molecule has 2 atom stereocenters. The lowest BCUT2D eigenvalue weighted by atomic mass is 10.1. The standard InChI is InChI=1S/C22H25ClFN3O3S.C21H23ClFN3O/c1-16-14-26(15-17-3-8-20(24)9-4-17)11-12-27(16)22(28)10-6-18-5-7-19(23)13-21(18)25-31(2,29)30;1-15-13-25(14-16-2-7-19(23)8-3-16)10-11-26(15)21(27)9-5-17-4-6-18(22)12-20(17)24/h3-10,13,16,25H,11-12,14-15H2,1-2H3;2-9,12,15H,10-11,13-14,24H2,1H3/b10-6+;9-5+/t16-;15-/m11/s1. The fourth-order valence-corrected chi connectivity index (χ4v) is 7.81. The van der Waals surface area contributed by atoms with E-state index in [-0.39, 0.29) is 35.5 Å². The van der Waals surface area contributed by atoms with Gasteiger partial charge in [-0.2, -0.15) is 0 Å². The molecule has 308 valence electrons.